The van der Waals surface area contributed by atoms with E-state index in [0.29, 0.717) is 17.6 Å². The third kappa shape index (κ3) is 2.80. The number of hydrogen-bond donors (Lipinski definition) is 0. The smallest absolute Gasteiger partial charge is 0.146 e. The van der Waals surface area contributed by atoms with Crippen molar-refractivity contribution in [3.63, 3.8) is 0 Å². The molecule has 0 bridgehead atoms. The van der Waals surface area contributed by atoms with Gasteiger partial charge in [-0.3, -0.25) is 4.79 Å². The van der Waals surface area contributed by atoms with Crippen LogP contribution in [-0.2, 0) is 4.79 Å². The molecule has 2 heteroatoms. The van der Waals surface area contributed by atoms with Gasteiger partial charge in [-0.25, -0.2) is 0 Å². The Labute approximate surface area is 113 Å². The summed E-state index contributed by atoms with van der Waals surface area (Å²) >= 11 is 1.91. The van der Waals surface area contributed by atoms with Gasteiger partial charge in [-0.2, -0.15) is 11.8 Å². The Kier molecular flexibility index (Phi) is 3.74. The van der Waals surface area contributed by atoms with Crippen LogP contribution in [0.4, 0.5) is 0 Å². The molecule has 0 saturated heterocycles. The van der Waals surface area contributed by atoms with Crippen molar-refractivity contribution in [3.8, 4) is 0 Å². The lowest BCUT2D eigenvalue weighted by molar-refractivity contribution is -0.117. The zero-order valence-corrected chi connectivity index (χ0v) is 11.5. The summed E-state index contributed by atoms with van der Waals surface area (Å²) < 4.78 is 0. The summed E-state index contributed by atoms with van der Waals surface area (Å²) in [6, 6.07) is 10.5. The molecule has 0 N–H and O–H groups in total. The zero-order chi connectivity index (χ0) is 12.4. The van der Waals surface area contributed by atoms with Gasteiger partial charge in [-0.15, -0.1) is 0 Å². The molecule has 1 aromatic carbocycles. The fourth-order valence-electron chi connectivity index (χ4n) is 2.98. The Morgan fingerprint density at radius 1 is 1.17 bits per heavy atom. The molecule has 0 aromatic heterocycles. The van der Waals surface area contributed by atoms with Gasteiger partial charge < -0.3 is 0 Å². The highest BCUT2D eigenvalue weighted by molar-refractivity contribution is 8.00. The molecular formula is C16H20OS. The molecule has 0 spiro atoms. The quantitative estimate of drug-likeness (QED) is 0.795. The van der Waals surface area contributed by atoms with Crippen molar-refractivity contribution in [1.29, 1.82) is 0 Å². The molecule has 2 fully saturated rings. The predicted molar refractivity (Wildman–Crippen MR) is 77.0 cm³/mol. The molecule has 3 rings (SSSR count). The molecule has 2 atom stereocenters. The minimum Gasteiger partial charge on any atom is -0.298 e. The summed E-state index contributed by atoms with van der Waals surface area (Å²) in [4.78, 5) is 12.1. The fraction of sp³-hybridized carbons (Fsp3) is 0.562. The van der Waals surface area contributed by atoms with E-state index < -0.39 is 0 Å². The second-order valence-corrected chi connectivity index (χ2v) is 6.83. The number of ketones is 1. The molecule has 0 heterocycles. The normalized spacial score (nSPS) is 27.3. The molecule has 96 valence electrons. The van der Waals surface area contributed by atoms with E-state index in [1.165, 1.54) is 31.2 Å². The van der Waals surface area contributed by atoms with E-state index in [1.54, 1.807) is 0 Å². The van der Waals surface area contributed by atoms with Gasteiger partial charge in [-0.1, -0.05) is 43.2 Å². The lowest BCUT2D eigenvalue weighted by Crippen LogP contribution is -2.08. The molecule has 2 saturated carbocycles. The van der Waals surface area contributed by atoms with Crippen LogP contribution in [0.3, 0.4) is 0 Å². The minimum absolute atomic E-state index is 0.321. The van der Waals surface area contributed by atoms with Crippen molar-refractivity contribution in [3.05, 3.63) is 35.9 Å². The van der Waals surface area contributed by atoms with Crippen LogP contribution in [0.2, 0.25) is 0 Å². The van der Waals surface area contributed by atoms with Crippen LogP contribution in [0, 0.1) is 5.92 Å². The van der Waals surface area contributed by atoms with E-state index in [9.17, 15) is 4.79 Å². The second-order valence-electron chi connectivity index (χ2n) is 5.54. The summed E-state index contributed by atoms with van der Waals surface area (Å²) in [5, 5.41) is 0.767. The number of benzene rings is 1. The molecule has 1 nitrogen and oxygen atoms in total. The van der Waals surface area contributed by atoms with Crippen molar-refractivity contribution in [2.24, 2.45) is 5.92 Å². The average Bonchev–Trinajstić information content (AvgIpc) is 3.05. The van der Waals surface area contributed by atoms with Crippen molar-refractivity contribution in [1.82, 2.24) is 0 Å². The van der Waals surface area contributed by atoms with E-state index in [4.69, 9.17) is 0 Å². The summed E-state index contributed by atoms with van der Waals surface area (Å²) in [6.07, 6.45) is 6.45. The first-order valence-electron chi connectivity index (χ1n) is 7.04. The number of thioether (sulfide) groups is 1. The Bertz CT molecular complexity index is 408. The van der Waals surface area contributed by atoms with Crippen LogP contribution in [0.1, 0.15) is 43.6 Å². The van der Waals surface area contributed by atoms with E-state index in [-0.39, 0.29) is 0 Å². The van der Waals surface area contributed by atoms with Crippen LogP contribution in [0.15, 0.2) is 30.3 Å². The van der Waals surface area contributed by atoms with Gasteiger partial charge in [0.05, 0.1) is 5.75 Å². The molecular weight excluding hydrogens is 240 g/mol. The third-order valence-corrected chi connectivity index (χ3v) is 5.59. The molecule has 0 aliphatic heterocycles. The first-order valence-corrected chi connectivity index (χ1v) is 8.09. The summed E-state index contributed by atoms with van der Waals surface area (Å²) in [5.74, 6) is 2.07. The van der Waals surface area contributed by atoms with Crippen LogP contribution < -0.4 is 0 Å². The zero-order valence-electron chi connectivity index (χ0n) is 10.7. The molecule has 0 radical (unpaired) electrons. The van der Waals surface area contributed by atoms with E-state index in [2.05, 4.69) is 24.3 Å². The van der Waals surface area contributed by atoms with Crippen LogP contribution in [0.25, 0.3) is 0 Å². The number of rotatable bonds is 5. The van der Waals surface area contributed by atoms with Gasteiger partial charge in [0.25, 0.3) is 0 Å². The van der Waals surface area contributed by atoms with E-state index >= 15 is 0 Å². The Morgan fingerprint density at radius 3 is 2.61 bits per heavy atom. The van der Waals surface area contributed by atoms with Crippen molar-refractivity contribution < 1.29 is 4.79 Å². The van der Waals surface area contributed by atoms with Gasteiger partial charge >= 0.3 is 0 Å². The second kappa shape index (κ2) is 5.48. The van der Waals surface area contributed by atoms with Gasteiger partial charge in [0.1, 0.15) is 5.78 Å². The maximum atomic E-state index is 12.1. The fourth-order valence-corrected chi connectivity index (χ4v) is 4.26. The maximum Gasteiger partial charge on any atom is 0.146 e. The molecule has 2 aliphatic rings. The predicted octanol–water partition coefficient (Wildman–Crippen LogP) is 4.04. The minimum atomic E-state index is 0.321. The Balaban J connectivity index is 1.47. The van der Waals surface area contributed by atoms with Crippen LogP contribution >= 0.6 is 11.8 Å². The lowest BCUT2D eigenvalue weighted by atomic mass is 10.1. The Morgan fingerprint density at radius 2 is 1.89 bits per heavy atom. The summed E-state index contributed by atoms with van der Waals surface area (Å²) in [5.41, 5.74) is 1.35. The number of Topliss-reactive ketones (excluding diaryl/α,β-unsaturated/α-hetero) is 1. The molecule has 0 amide bonds. The van der Waals surface area contributed by atoms with Gasteiger partial charge in [0, 0.05) is 11.2 Å². The topological polar surface area (TPSA) is 17.1 Å². The summed E-state index contributed by atoms with van der Waals surface area (Å²) in [7, 11) is 0. The maximum absolute atomic E-state index is 12.1. The van der Waals surface area contributed by atoms with E-state index in [0.717, 1.165) is 17.4 Å². The van der Waals surface area contributed by atoms with Gasteiger partial charge in [0.2, 0.25) is 0 Å². The average molecular weight is 260 g/mol. The first kappa shape index (κ1) is 12.3. The van der Waals surface area contributed by atoms with Gasteiger partial charge in [-0.05, 0) is 30.7 Å². The largest absolute Gasteiger partial charge is 0.298 e. The molecule has 18 heavy (non-hydrogen) atoms. The van der Waals surface area contributed by atoms with Crippen LogP contribution in [0.5, 0.6) is 0 Å². The van der Waals surface area contributed by atoms with Gasteiger partial charge in [0.15, 0.2) is 0 Å². The van der Waals surface area contributed by atoms with Crippen LogP contribution in [-0.4, -0.2) is 16.8 Å². The standard InChI is InChI=1S/C16H20OS/c17-16(11-18-13-8-4-5-9-13)15-10-14(15)12-6-2-1-3-7-12/h1-3,6-7,13-15H,4-5,8-11H2. The Hall–Kier alpha value is -0.760. The molecule has 2 unspecified atom stereocenters. The molecule has 2 aliphatic carbocycles. The van der Waals surface area contributed by atoms with Crippen molar-refractivity contribution >= 4 is 17.5 Å². The molecule has 1 aromatic rings. The SMILES string of the molecule is O=C(CSC1CCCC1)C1CC1c1ccccc1. The number of carbonyl (C=O) groups excluding carboxylic acids is 1. The lowest BCUT2D eigenvalue weighted by Gasteiger charge is -2.07. The highest BCUT2D eigenvalue weighted by atomic mass is 32.2. The first-order chi connectivity index (χ1) is 8.84. The third-order valence-electron chi connectivity index (χ3n) is 4.20. The number of carbonyl (C=O) groups is 1. The highest BCUT2D eigenvalue weighted by Gasteiger charge is 2.43. The highest BCUT2D eigenvalue weighted by Crippen LogP contribution is 2.48. The van der Waals surface area contributed by atoms with Crippen molar-refractivity contribution in [2.45, 2.75) is 43.3 Å². The monoisotopic (exact) mass is 260 g/mol. The van der Waals surface area contributed by atoms with Crippen molar-refractivity contribution in [2.75, 3.05) is 5.75 Å². The summed E-state index contributed by atoms with van der Waals surface area (Å²) in [6.45, 7) is 0. The van der Waals surface area contributed by atoms with E-state index in [1.807, 2.05) is 17.8 Å². The number of hydrogen-bond acceptors (Lipinski definition) is 2.